The van der Waals surface area contributed by atoms with Crippen LogP contribution in [0.3, 0.4) is 0 Å². The molecule has 5 rings (SSSR count). The van der Waals surface area contributed by atoms with E-state index in [1.54, 1.807) is 11.3 Å². The van der Waals surface area contributed by atoms with Crippen molar-refractivity contribution in [2.24, 2.45) is 0 Å². The first kappa shape index (κ1) is 16.2. The van der Waals surface area contributed by atoms with Crippen molar-refractivity contribution < 1.29 is 4.74 Å². The van der Waals surface area contributed by atoms with Gasteiger partial charge in [-0.05, 0) is 25.0 Å². The van der Waals surface area contributed by atoms with Gasteiger partial charge in [0.2, 0.25) is 0 Å². The predicted octanol–water partition coefficient (Wildman–Crippen LogP) is 2.44. The van der Waals surface area contributed by atoms with Crippen molar-refractivity contribution in [3.8, 4) is 5.13 Å². The zero-order valence-electron chi connectivity index (χ0n) is 14.6. The van der Waals surface area contributed by atoms with Crippen molar-refractivity contribution in [3.63, 3.8) is 0 Å². The Morgan fingerprint density at radius 3 is 3.08 bits per heavy atom. The van der Waals surface area contributed by atoms with E-state index < -0.39 is 0 Å². The van der Waals surface area contributed by atoms with Gasteiger partial charge < -0.3 is 9.30 Å². The topological polar surface area (TPSA) is 61.0 Å². The molecule has 136 valence electrons. The predicted molar refractivity (Wildman–Crippen MR) is 98.4 cm³/mol. The zero-order valence-corrected chi connectivity index (χ0v) is 15.4. The van der Waals surface area contributed by atoms with Gasteiger partial charge in [-0.1, -0.05) is 0 Å². The average Bonchev–Trinajstić information content (AvgIpc) is 3.43. The van der Waals surface area contributed by atoms with Crippen LogP contribution in [0.5, 0.6) is 0 Å². The molecule has 2 aliphatic rings. The molecule has 7 nitrogen and oxygen atoms in total. The average molecular weight is 370 g/mol. The first-order valence-corrected chi connectivity index (χ1v) is 10.1. The molecule has 0 unspecified atom stereocenters. The van der Waals surface area contributed by atoms with Crippen LogP contribution in [0.15, 0.2) is 29.9 Å². The minimum Gasteiger partial charge on any atom is -0.370 e. The normalized spacial score (nSPS) is 21.0. The van der Waals surface area contributed by atoms with E-state index in [0.717, 1.165) is 68.8 Å². The molecule has 3 aromatic rings. The van der Waals surface area contributed by atoms with E-state index in [9.17, 15) is 0 Å². The summed E-state index contributed by atoms with van der Waals surface area (Å²) in [6.45, 7) is 4.67. The third-order valence-electron chi connectivity index (χ3n) is 5.21. The first-order valence-electron chi connectivity index (χ1n) is 9.20. The molecule has 1 saturated heterocycles. The Hall–Kier alpha value is -2.03. The maximum Gasteiger partial charge on any atom is 0.193 e. The van der Waals surface area contributed by atoms with Crippen LogP contribution < -0.4 is 0 Å². The summed E-state index contributed by atoms with van der Waals surface area (Å²) in [7, 11) is 0. The van der Waals surface area contributed by atoms with E-state index >= 15 is 0 Å². The Balaban J connectivity index is 1.31. The summed E-state index contributed by atoms with van der Waals surface area (Å²) in [4.78, 5) is 6.93. The molecule has 1 fully saturated rings. The summed E-state index contributed by atoms with van der Waals surface area (Å²) in [6.07, 6.45) is 7.18. The molecule has 0 radical (unpaired) electrons. The Labute approximate surface area is 156 Å². The van der Waals surface area contributed by atoms with E-state index in [1.807, 2.05) is 11.6 Å². The maximum absolute atomic E-state index is 5.83. The molecular formula is C18H22N6OS. The SMILES string of the molecule is c1cc(CN2CCc3nnc([C@H]4CCCO4)n3CC2)n(-c2nccs2)c1. The lowest BCUT2D eigenvalue weighted by Gasteiger charge is -2.20. The molecular weight excluding hydrogens is 348 g/mol. The third-order valence-corrected chi connectivity index (χ3v) is 5.98. The van der Waals surface area contributed by atoms with Crippen molar-refractivity contribution in [2.45, 2.75) is 38.5 Å². The highest BCUT2D eigenvalue weighted by Crippen LogP contribution is 2.28. The van der Waals surface area contributed by atoms with E-state index in [2.05, 4.69) is 47.5 Å². The van der Waals surface area contributed by atoms with Crippen LogP contribution in [-0.4, -0.2) is 48.9 Å². The van der Waals surface area contributed by atoms with Crippen LogP contribution in [0.25, 0.3) is 5.13 Å². The summed E-state index contributed by atoms with van der Waals surface area (Å²) in [5, 5.41) is 11.9. The van der Waals surface area contributed by atoms with Crippen molar-refractivity contribution in [1.82, 2.24) is 29.2 Å². The number of aromatic nitrogens is 5. The van der Waals surface area contributed by atoms with E-state index in [1.165, 1.54) is 5.69 Å². The summed E-state index contributed by atoms with van der Waals surface area (Å²) >= 11 is 1.67. The van der Waals surface area contributed by atoms with E-state index in [4.69, 9.17) is 4.74 Å². The molecule has 2 aliphatic heterocycles. The second-order valence-corrected chi connectivity index (χ2v) is 7.71. The molecule has 0 N–H and O–H groups in total. The molecule has 1 atom stereocenters. The molecule has 0 bridgehead atoms. The molecule has 26 heavy (non-hydrogen) atoms. The molecule has 3 aromatic heterocycles. The Morgan fingerprint density at radius 2 is 2.23 bits per heavy atom. The van der Waals surface area contributed by atoms with Gasteiger partial charge in [0.15, 0.2) is 11.0 Å². The van der Waals surface area contributed by atoms with Gasteiger partial charge in [-0.15, -0.1) is 21.5 Å². The summed E-state index contributed by atoms with van der Waals surface area (Å²) in [5.74, 6) is 2.11. The largest absolute Gasteiger partial charge is 0.370 e. The quantitative estimate of drug-likeness (QED) is 0.706. The first-order chi connectivity index (χ1) is 12.9. The van der Waals surface area contributed by atoms with Crippen molar-refractivity contribution in [2.75, 3.05) is 19.7 Å². The van der Waals surface area contributed by atoms with Gasteiger partial charge in [0.1, 0.15) is 11.9 Å². The lowest BCUT2D eigenvalue weighted by atomic mass is 10.2. The molecule has 0 amide bonds. The molecule has 0 aromatic carbocycles. The molecule has 5 heterocycles. The molecule has 8 heteroatoms. The van der Waals surface area contributed by atoms with Crippen molar-refractivity contribution in [1.29, 1.82) is 0 Å². The van der Waals surface area contributed by atoms with Crippen LogP contribution in [0.4, 0.5) is 0 Å². The fraction of sp³-hybridized carbons (Fsp3) is 0.500. The number of hydrogen-bond donors (Lipinski definition) is 0. The van der Waals surface area contributed by atoms with Gasteiger partial charge >= 0.3 is 0 Å². The summed E-state index contributed by atoms with van der Waals surface area (Å²) in [5.41, 5.74) is 1.27. The highest BCUT2D eigenvalue weighted by molar-refractivity contribution is 7.12. The van der Waals surface area contributed by atoms with Gasteiger partial charge in [-0.3, -0.25) is 9.47 Å². The van der Waals surface area contributed by atoms with Crippen LogP contribution in [0.2, 0.25) is 0 Å². The van der Waals surface area contributed by atoms with Crippen LogP contribution in [-0.2, 0) is 24.2 Å². The van der Waals surface area contributed by atoms with Gasteiger partial charge in [0.25, 0.3) is 0 Å². The van der Waals surface area contributed by atoms with Crippen LogP contribution in [0.1, 0.15) is 36.3 Å². The number of nitrogens with zero attached hydrogens (tertiary/aromatic N) is 6. The van der Waals surface area contributed by atoms with Gasteiger partial charge in [0, 0.05) is 62.7 Å². The summed E-state index contributed by atoms with van der Waals surface area (Å²) < 4.78 is 10.3. The fourth-order valence-electron chi connectivity index (χ4n) is 3.86. The fourth-order valence-corrected chi connectivity index (χ4v) is 4.52. The highest BCUT2D eigenvalue weighted by Gasteiger charge is 2.27. The molecule has 0 spiro atoms. The van der Waals surface area contributed by atoms with Crippen LogP contribution in [0, 0.1) is 0 Å². The van der Waals surface area contributed by atoms with Gasteiger partial charge in [-0.25, -0.2) is 4.98 Å². The van der Waals surface area contributed by atoms with Crippen molar-refractivity contribution in [3.05, 3.63) is 47.2 Å². The lowest BCUT2D eigenvalue weighted by Crippen LogP contribution is -2.27. The van der Waals surface area contributed by atoms with Gasteiger partial charge in [-0.2, -0.15) is 0 Å². The lowest BCUT2D eigenvalue weighted by molar-refractivity contribution is 0.101. The van der Waals surface area contributed by atoms with E-state index in [-0.39, 0.29) is 6.10 Å². The van der Waals surface area contributed by atoms with Crippen molar-refractivity contribution >= 4 is 11.3 Å². The Kier molecular flexibility index (Phi) is 4.32. The third kappa shape index (κ3) is 2.98. The second-order valence-electron chi connectivity index (χ2n) is 6.84. The number of rotatable bonds is 4. The molecule has 0 aliphatic carbocycles. The molecule has 0 saturated carbocycles. The smallest absolute Gasteiger partial charge is 0.193 e. The van der Waals surface area contributed by atoms with E-state index in [0.29, 0.717) is 0 Å². The number of hydrogen-bond acceptors (Lipinski definition) is 6. The number of thiazole rings is 1. The number of fused-ring (bicyclic) bond motifs is 1. The number of ether oxygens (including phenoxy) is 1. The van der Waals surface area contributed by atoms with Gasteiger partial charge in [0.05, 0.1) is 0 Å². The standard InChI is InChI=1S/C18H22N6OS/c1-3-14(23(7-1)18-19-6-12-26-18)13-22-8-5-16-20-21-17(24(16)10-9-22)15-4-2-11-25-15/h1,3,6-7,12,15H,2,4-5,8-11,13H2/t15-/m1/s1. The maximum atomic E-state index is 5.83. The minimum absolute atomic E-state index is 0.130. The Bertz CT molecular complexity index is 864. The highest BCUT2D eigenvalue weighted by atomic mass is 32.1. The zero-order chi connectivity index (χ0) is 17.3. The summed E-state index contributed by atoms with van der Waals surface area (Å²) in [6, 6.07) is 4.28. The monoisotopic (exact) mass is 370 g/mol. The second kappa shape index (κ2) is 6.94. The minimum atomic E-state index is 0.130. The Morgan fingerprint density at radius 1 is 1.23 bits per heavy atom. The van der Waals surface area contributed by atoms with Crippen LogP contribution >= 0.6 is 11.3 Å².